The van der Waals surface area contributed by atoms with Gasteiger partial charge in [0.1, 0.15) is 0 Å². The summed E-state index contributed by atoms with van der Waals surface area (Å²) in [6.07, 6.45) is 8.40. The molecule has 7 nitrogen and oxygen atoms in total. The zero-order valence-corrected chi connectivity index (χ0v) is 19.0. The highest BCUT2D eigenvalue weighted by atomic mass is 32.2. The molecule has 0 saturated carbocycles. The maximum Gasteiger partial charge on any atom is 0.243 e. The molecule has 2 saturated heterocycles. The number of amides is 2. The van der Waals surface area contributed by atoms with Gasteiger partial charge in [-0.05, 0) is 55.9 Å². The lowest BCUT2D eigenvalue weighted by molar-refractivity contribution is -0.133. The van der Waals surface area contributed by atoms with E-state index < -0.39 is 10.0 Å². The fourth-order valence-electron chi connectivity index (χ4n) is 4.88. The molecule has 3 heterocycles. The molecule has 2 amide bonds. The van der Waals surface area contributed by atoms with Crippen LogP contribution in [0.2, 0.25) is 0 Å². The second-order valence-corrected chi connectivity index (χ2v) is 10.8. The Bertz CT molecular complexity index is 917. The number of benzene rings is 1. The Labute approximate surface area is 185 Å². The van der Waals surface area contributed by atoms with E-state index in [1.54, 1.807) is 27.4 Å². The minimum Gasteiger partial charge on any atom is -0.343 e. The van der Waals surface area contributed by atoms with Gasteiger partial charge in [-0.1, -0.05) is 19.3 Å². The minimum atomic E-state index is -3.48. The summed E-state index contributed by atoms with van der Waals surface area (Å²) >= 11 is 0. The molecule has 0 atom stereocenters. The zero-order valence-electron chi connectivity index (χ0n) is 18.2. The smallest absolute Gasteiger partial charge is 0.243 e. The summed E-state index contributed by atoms with van der Waals surface area (Å²) in [6.45, 7) is 3.30. The Morgan fingerprint density at radius 2 is 1.39 bits per heavy atom. The van der Waals surface area contributed by atoms with Crippen molar-refractivity contribution in [2.24, 2.45) is 0 Å². The highest BCUT2D eigenvalue weighted by Gasteiger charge is 2.30. The number of carbonyl (C=O) groups is 2. The van der Waals surface area contributed by atoms with Crippen LogP contribution in [-0.4, -0.2) is 62.2 Å². The average Bonchev–Trinajstić information content (AvgIpc) is 3.02. The Balaban J connectivity index is 1.39. The molecule has 3 aliphatic heterocycles. The Kier molecular flexibility index (Phi) is 6.96. The first-order chi connectivity index (χ1) is 15.0. The van der Waals surface area contributed by atoms with Crippen molar-refractivity contribution in [1.82, 2.24) is 9.21 Å². The first-order valence-electron chi connectivity index (χ1n) is 11.7. The molecule has 0 aromatic heterocycles. The molecular formula is C23H33N3O4S. The van der Waals surface area contributed by atoms with Crippen LogP contribution in [0, 0.1) is 0 Å². The van der Waals surface area contributed by atoms with Gasteiger partial charge < -0.3 is 9.80 Å². The van der Waals surface area contributed by atoms with E-state index in [9.17, 15) is 18.0 Å². The number of sulfonamides is 1. The molecule has 4 rings (SSSR count). The van der Waals surface area contributed by atoms with Crippen molar-refractivity contribution in [2.45, 2.75) is 69.1 Å². The fourth-order valence-corrected chi connectivity index (χ4v) is 6.45. The number of likely N-dealkylation sites (tertiary alicyclic amines) is 1. The van der Waals surface area contributed by atoms with Crippen molar-refractivity contribution in [3.05, 3.63) is 23.8 Å². The van der Waals surface area contributed by atoms with E-state index in [4.69, 9.17) is 0 Å². The van der Waals surface area contributed by atoms with Gasteiger partial charge >= 0.3 is 0 Å². The Morgan fingerprint density at radius 1 is 0.774 bits per heavy atom. The normalized spacial score (nSPS) is 20.4. The van der Waals surface area contributed by atoms with E-state index in [1.165, 1.54) is 12.8 Å². The molecule has 0 N–H and O–H groups in total. The summed E-state index contributed by atoms with van der Waals surface area (Å²) in [5, 5.41) is 0. The molecule has 0 spiro atoms. The van der Waals surface area contributed by atoms with Crippen molar-refractivity contribution in [1.29, 1.82) is 0 Å². The standard InChI is InChI=1S/C23H33N3O4S/c27-22(24-13-4-1-2-5-14-24)10-11-23(28)26-17-12-19-18-20(8-9-21(19)26)31(29,30)25-15-6-3-7-16-25/h8-9,18H,1-7,10-17H2. The summed E-state index contributed by atoms with van der Waals surface area (Å²) in [6, 6.07) is 5.11. The van der Waals surface area contributed by atoms with Crippen LogP contribution in [0.5, 0.6) is 0 Å². The van der Waals surface area contributed by atoms with Crippen molar-refractivity contribution in [3.63, 3.8) is 0 Å². The molecule has 1 aromatic rings. The lowest BCUT2D eigenvalue weighted by Gasteiger charge is -2.26. The van der Waals surface area contributed by atoms with Gasteiger partial charge in [0.15, 0.2) is 0 Å². The molecule has 8 heteroatoms. The molecule has 0 unspecified atom stereocenters. The number of hydrogen-bond donors (Lipinski definition) is 0. The Morgan fingerprint density at radius 3 is 2.10 bits per heavy atom. The maximum absolute atomic E-state index is 13.0. The highest BCUT2D eigenvalue weighted by Crippen LogP contribution is 2.32. The van der Waals surface area contributed by atoms with Gasteiger partial charge in [-0.15, -0.1) is 0 Å². The summed E-state index contributed by atoms with van der Waals surface area (Å²) < 4.78 is 27.5. The van der Waals surface area contributed by atoms with Gasteiger partial charge in [-0.2, -0.15) is 4.31 Å². The summed E-state index contributed by atoms with van der Waals surface area (Å²) in [5.74, 6) is 0.00574. The zero-order chi connectivity index (χ0) is 21.8. The van der Waals surface area contributed by atoms with Crippen LogP contribution in [0.1, 0.15) is 63.4 Å². The molecule has 1 aromatic carbocycles. The van der Waals surface area contributed by atoms with Gasteiger partial charge in [-0.3, -0.25) is 9.59 Å². The van der Waals surface area contributed by atoms with Crippen LogP contribution in [-0.2, 0) is 26.0 Å². The third-order valence-corrected chi connectivity index (χ3v) is 8.61. The summed E-state index contributed by atoms with van der Waals surface area (Å²) in [4.78, 5) is 29.3. The van der Waals surface area contributed by atoms with Crippen molar-refractivity contribution in [2.75, 3.05) is 37.6 Å². The van der Waals surface area contributed by atoms with E-state index in [2.05, 4.69) is 0 Å². The predicted octanol–water partition coefficient (Wildman–Crippen LogP) is 2.93. The van der Waals surface area contributed by atoms with Crippen molar-refractivity contribution in [3.8, 4) is 0 Å². The first kappa shape index (κ1) is 22.3. The van der Waals surface area contributed by atoms with Crippen molar-refractivity contribution < 1.29 is 18.0 Å². The number of hydrogen-bond acceptors (Lipinski definition) is 4. The first-order valence-corrected chi connectivity index (χ1v) is 13.1. The van der Waals surface area contributed by atoms with Crippen molar-refractivity contribution >= 4 is 27.5 Å². The number of carbonyl (C=O) groups excluding carboxylic acids is 2. The van der Waals surface area contributed by atoms with Gasteiger partial charge in [0.05, 0.1) is 4.90 Å². The van der Waals surface area contributed by atoms with Gasteiger partial charge in [0.25, 0.3) is 0 Å². The monoisotopic (exact) mass is 447 g/mol. The van der Waals surface area contributed by atoms with Crippen LogP contribution in [0.3, 0.4) is 0 Å². The Hall–Kier alpha value is -1.93. The number of piperidine rings is 1. The molecular weight excluding hydrogens is 414 g/mol. The largest absolute Gasteiger partial charge is 0.343 e. The molecule has 31 heavy (non-hydrogen) atoms. The van der Waals surface area contributed by atoms with E-state index in [1.807, 2.05) is 4.90 Å². The van der Waals surface area contributed by atoms with E-state index >= 15 is 0 Å². The lowest BCUT2D eigenvalue weighted by Crippen LogP contribution is -2.35. The van der Waals surface area contributed by atoms with E-state index in [0.29, 0.717) is 31.0 Å². The predicted molar refractivity (Wildman–Crippen MR) is 119 cm³/mol. The topological polar surface area (TPSA) is 78.0 Å². The maximum atomic E-state index is 13.0. The van der Waals surface area contributed by atoms with E-state index in [-0.39, 0.29) is 24.7 Å². The SMILES string of the molecule is O=C(CCC(=O)N1CCc2cc(S(=O)(=O)N3CCCCC3)ccc21)N1CCCCCC1. The average molecular weight is 448 g/mol. The van der Waals surface area contributed by atoms with Crippen LogP contribution in [0.15, 0.2) is 23.1 Å². The third-order valence-electron chi connectivity index (χ3n) is 6.71. The van der Waals surface area contributed by atoms with Gasteiger partial charge in [0.2, 0.25) is 21.8 Å². The molecule has 0 bridgehead atoms. The van der Waals surface area contributed by atoms with Gasteiger partial charge in [-0.25, -0.2) is 8.42 Å². The molecule has 3 aliphatic rings. The van der Waals surface area contributed by atoms with Crippen LogP contribution < -0.4 is 4.90 Å². The molecule has 170 valence electrons. The number of rotatable bonds is 5. The molecule has 2 fully saturated rings. The number of anilines is 1. The second-order valence-electron chi connectivity index (χ2n) is 8.85. The van der Waals surface area contributed by atoms with Crippen LogP contribution in [0.4, 0.5) is 5.69 Å². The summed E-state index contributed by atoms with van der Waals surface area (Å²) in [7, 11) is -3.48. The summed E-state index contributed by atoms with van der Waals surface area (Å²) in [5.41, 5.74) is 1.68. The minimum absolute atomic E-state index is 0.0615. The molecule has 0 aliphatic carbocycles. The number of nitrogens with zero attached hydrogens (tertiary/aromatic N) is 3. The second kappa shape index (κ2) is 9.69. The lowest BCUT2D eigenvalue weighted by atomic mass is 10.2. The van der Waals surface area contributed by atoms with E-state index in [0.717, 1.165) is 56.4 Å². The van der Waals surface area contributed by atoms with Gasteiger partial charge in [0, 0.05) is 51.3 Å². The van der Waals surface area contributed by atoms with Crippen LogP contribution in [0.25, 0.3) is 0 Å². The number of fused-ring (bicyclic) bond motifs is 1. The molecule has 0 radical (unpaired) electrons. The quantitative estimate of drug-likeness (QED) is 0.695. The van der Waals surface area contributed by atoms with Crippen LogP contribution >= 0.6 is 0 Å². The fraction of sp³-hybridized carbons (Fsp3) is 0.652. The third kappa shape index (κ3) is 4.95. The highest BCUT2D eigenvalue weighted by molar-refractivity contribution is 7.89.